The Balaban J connectivity index is 2.09. The molecule has 1 unspecified atom stereocenters. The molecule has 1 aliphatic rings. The van der Waals surface area contributed by atoms with E-state index in [-0.39, 0.29) is 30.9 Å². The zero-order valence-electron chi connectivity index (χ0n) is 23.5. The topological polar surface area (TPSA) is 109 Å². The van der Waals surface area contributed by atoms with Gasteiger partial charge in [0.05, 0.1) is 11.5 Å². The average molecular weight is 555 g/mol. The van der Waals surface area contributed by atoms with Crippen LogP contribution in [0.2, 0.25) is 0 Å². The second-order valence-electron chi connectivity index (χ2n) is 10.6. The molecular weight excluding hydrogens is 514 g/mol. The summed E-state index contributed by atoms with van der Waals surface area (Å²) in [6.45, 7) is 7.23. The maximum atomic E-state index is 14.5. The van der Waals surface area contributed by atoms with Crippen molar-refractivity contribution < 1.29 is 23.5 Å². The van der Waals surface area contributed by atoms with Crippen molar-refractivity contribution in [1.82, 2.24) is 15.2 Å². The largest absolute Gasteiger partial charge is 0.391 e. The molecule has 0 bridgehead atoms. The van der Waals surface area contributed by atoms with Gasteiger partial charge in [-0.25, -0.2) is 8.78 Å². The summed E-state index contributed by atoms with van der Waals surface area (Å²) in [5.41, 5.74) is 6.49. The minimum absolute atomic E-state index is 0.00191. The number of primary amides is 1. The van der Waals surface area contributed by atoms with Crippen molar-refractivity contribution in [3.8, 4) is 0 Å². The predicted molar refractivity (Wildman–Crippen MR) is 151 cm³/mol. The molecule has 0 fully saturated rings. The fourth-order valence-corrected chi connectivity index (χ4v) is 5.63. The normalized spacial score (nSPS) is 18.4. The molecule has 2 amide bonds. The van der Waals surface area contributed by atoms with Gasteiger partial charge >= 0.3 is 0 Å². The summed E-state index contributed by atoms with van der Waals surface area (Å²) in [6.07, 6.45) is 7.13. The number of carbonyl (C=O) groups is 2. The third-order valence-electron chi connectivity index (χ3n) is 7.27. The maximum Gasteiger partial charge on any atom is 0.244 e. The Bertz CT molecular complexity index is 1210. The van der Waals surface area contributed by atoms with Gasteiger partial charge in [0.1, 0.15) is 11.6 Å². The molecule has 0 spiro atoms. The molecule has 0 aliphatic heterocycles. The SMILES string of the molecule is CCCN(CCC)C(=O)C1([C@H](Cc2cc(F)cc(F)c2)[C@@H](O)CNCc2cccnc2)C=C(C)C=C(C(N)=O)C1. The van der Waals surface area contributed by atoms with E-state index in [2.05, 4.69) is 10.3 Å². The number of rotatable bonds is 14. The minimum atomic E-state index is -1.37. The smallest absolute Gasteiger partial charge is 0.244 e. The molecule has 3 rings (SSSR count). The molecule has 216 valence electrons. The van der Waals surface area contributed by atoms with Crippen LogP contribution in [-0.4, -0.2) is 52.5 Å². The first kappa shape index (κ1) is 31.1. The predicted octanol–water partition coefficient (Wildman–Crippen LogP) is 4.07. The van der Waals surface area contributed by atoms with Crippen LogP contribution in [0.25, 0.3) is 0 Å². The lowest BCUT2D eigenvalue weighted by Crippen LogP contribution is -2.54. The summed E-state index contributed by atoms with van der Waals surface area (Å²) in [5.74, 6) is -3.22. The van der Waals surface area contributed by atoms with E-state index < -0.39 is 35.0 Å². The number of carbonyl (C=O) groups excluding carboxylic acids is 2. The third kappa shape index (κ3) is 7.82. The van der Waals surface area contributed by atoms with E-state index in [1.54, 1.807) is 36.4 Å². The summed E-state index contributed by atoms with van der Waals surface area (Å²) in [4.78, 5) is 32.8. The highest BCUT2D eigenvalue weighted by Gasteiger charge is 2.50. The molecule has 2 aromatic rings. The van der Waals surface area contributed by atoms with Gasteiger partial charge in [0, 0.05) is 56.1 Å². The summed E-state index contributed by atoms with van der Waals surface area (Å²) >= 11 is 0. The van der Waals surface area contributed by atoms with E-state index in [0.717, 1.165) is 24.5 Å². The average Bonchev–Trinajstić information content (AvgIpc) is 2.90. The number of hydrogen-bond donors (Lipinski definition) is 3. The molecule has 1 aromatic carbocycles. The molecule has 3 atom stereocenters. The van der Waals surface area contributed by atoms with E-state index in [9.17, 15) is 23.5 Å². The highest BCUT2D eigenvalue weighted by atomic mass is 19.1. The second kappa shape index (κ2) is 14.3. The van der Waals surface area contributed by atoms with Gasteiger partial charge in [-0.1, -0.05) is 37.6 Å². The van der Waals surface area contributed by atoms with Gasteiger partial charge in [-0.05, 0) is 61.9 Å². The highest BCUT2D eigenvalue weighted by Crippen LogP contribution is 2.45. The summed E-state index contributed by atoms with van der Waals surface area (Å²) < 4.78 is 28.5. The quantitative estimate of drug-likeness (QED) is 0.326. The molecule has 40 heavy (non-hydrogen) atoms. The number of hydrogen-bond acceptors (Lipinski definition) is 5. The lowest BCUT2D eigenvalue weighted by molar-refractivity contribution is -0.145. The fourth-order valence-electron chi connectivity index (χ4n) is 5.63. The Morgan fingerprint density at radius 2 is 1.82 bits per heavy atom. The van der Waals surface area contributed by atoms with Crippen LogP contribution < -0.4 is 11.1 Å². The molecule has 1 aromatic heterocycles. The van der Waals surface area contributed by atoms with E-state index >= 15 is 0 Å². The fraction of sp³-hybridized carbons (Fsp3) is 0.452. The van der Waals surface area contributed by atoms with Crippen molar-refractivity contribution in [2.45, 2.75) is 59.1 Å². The van der Waals surface area contributed by atoms with Gasteiger partial charge in [-0.2, -0.15) is 0 Å². The Morgan fingerprint density at radius 3 is 2.40 bits per heavy atom. The summed E-state index contributed by atoms with van der Waals surface area (Å²) in [7, 11) is 0. The number of aliphatic hydroxyl groups excluding tert-OH is 1. The van der Waals surface area contributed by atoms with Crippen LogP contribution in [0.5, 0.6) is 0 Å². The van der Waals surface area contributed by atoms with E-state index in [0.29, 0.717) is 30.8 Å². The lowest BCUT2D eigenvalue weighted by Gasteiger charge is -2.45. The monoisotopic (exact) mass is 554 g/mol. The first-order valence-corrected chi connectivity index (χ1v) is 13.8. The number of allylic oxidation sites excluding steroid dienone is 2. The molecule has 9 heteroatoms. The molecule has 0 radical (unpaired) electrons. The third-order valence-corrected chi connectivity index (χ3v) is 7.27. The number of pyridine rings is 1. The van der Waals surface area contributed by atoms with Crippen LogP contribution in [0.3, 0.4) is 0 Å². The van der Waals surface area contributed by atoms with Crippen molar-refractivity contribution >= 4 is 11.8 Å². The molecule has 1 aliphatic carbocycles. The first-order valence-electron chi connectivity index (χ1n) is 13.8. The first-order chi connectivity index (χ1) is 19.1. The van der Waals surface area contributed by atoms with Crippen molar-refractivity contribution in [3.63, 3.8) is 0 Å². The van der Waals surface area contributed by atoms with E-state index in [1.165, 1.54) is 12.1 Å². The van der Waals surface area contributed by atoms with Crippen LogP contribution in [0.15, 0.2) is 66.0 Å². The Hall–Kier alpha value is -3.43. The summed E-state index contributed by atoms with van der Waals surface area (Å²) in [6, 6.07) is 6.92. The number of nitrogens with two attached hydrogens (primary N) is 1. The van der Waals surface area contributed by atoms with Crippen LogP contribution in [-0.2, 0) is 22.6 Å². The number of amides is 2. The molecule has 4 N–H and O–H groups in total. The maximum absolute atomic E-state index is 14.5. The summed E-state index contributed by atoms with van der Waals surface area (Å²) in [5, 5.41) is 14.9. The molecule has 0 saturated carbocycles. The van der Waals surface area contributed by atoms with Crippen LogP contribution >= 0.6 is 0 Å². The number of halogens is 2. The number of aliphatic hydroxyl groups is 1. The van der Waals surface area contributed by atoms with Gasteiger partial charge < -0.3 is 21.1 Å². The van der Waals surface area contributed by atoms with Crippen molar-refractivity contribution in [3.05, 3.63) is 88.8 Å². The zero-order valence-corrected chi connectivity index (χ0v) is 23.5. The number of aromatic nitrogens is 1. The van der Waals surface area contributed by atoms with Gasteiger partial charge in [-0.15, -0.1) is 0 Å². The Labute approximate surface area is 235 Å². The highest BCUT2D eigenvalue weighted by molar-refractivity contribution is 5.96. The van der Waals surface area contributed by atoms with Crippen LogP contribution in [0, 0.1) is 23.0 Å². The zero-order chi connectivity index (χ0) is 29.3. The Morgan fingerprint density at radius 1 is 1.15 bits per heavy atom. The van der Waals surface area contributed by atoms with Crippen molar-refractivity contribution in [2.24, 2.45) is 17.1 Å². The number of nitrogens with zero attached hydrogens (tertiary/aromatic N) is 2. The van der Waals surface area contributed by atoms with Gasteiger partial charge in [0.25, 0.3) is 0 Å². The number of benzene rings is 1. The van der Waals surface area contributed by atoms with Gasteiger partial charge in [0.2, 0.25) is 11.8 Å². The molecule has 0 saturated heterocycles. The van der Waals surface area contributed by atoms with Gasteiger partial charge in [-0.3, -0.25) is 14.6 Å². The molecule has 1 heterocycles. The van der Waals surface area contributed by atoms with Gasteiger partial charge in [0.15, 0.2) is 0 Å². The molecular formula is C31H40F2N4O3. The van der Waals surface area contributed by atoms with Crippen LogP contribution in [0.1, 0.15) is 51.2 Å². The molecule has 7 nitrogen and oxygen atoms in total. The van der Waals surface area contributed by atoms with E-state index in [4.69, 9.17) is 5.73 Å². The van der Waals surface area contributed by atoms with Crippen LogP contribution in [0.4, 0.5) is 8.78 Å². The van der Waals surface area contributed by atoms with Crippen molar-refractivity contribution in [1.29, 1.82) is 0 Å². The minimum Gasteiger partial charge on any atom is -0.391 e. The van der Waals surface area contributed by atoms with E-state index in [1.807, 2.05) is 26.0 Å². The second-order valence-corrected chi connectivity index (χ2v) is 10.6. The number of nitrogens with one attached hydrogen (secondary N) is 1. The lowest BCUT2D eigenvalue weighted by atomic mass is 9.63. The van der Waals surface area contributed by atoms with Crippen molar-refractivity contribution in [2.75, 3.05) is 19.6 Å². The Kier molecular flexibility index (Phi) is 11.1. The standard InChI is InChI=1S/C31H40F2N4O3/c1-4-9-37(10-5-2)30(40)31(16-21(3)11-24(17-31)29(34)39)27(14-23-12-25(32)15-26(33)13-23)28(38)20-36-19-22-7-6-8-35-18-22/h6-8,11-13,15-16,18,27-28,36,38H,4-5,9-10,14,17,19-20H2,1-3H3,(H2,34,39)/t27-,28+,31?/m1/s1.